The van der Waals surface area contributed by atoms with Crippen molar-refractivity contribution < 1.29 is 4.79 Å². The molecule has 3 heteroatoms. The van der Waals surface area contributed by atoms with Gasteiger partial charge in [0, 0.05) is 30.6 Å². The minimum absolute atomic E-state index is 0.203. The van der Waals surface area contributed by atoms with Crippen LogP contribution in [0.1, 0.15) is 41.6 Å². The number of aryl methyl sites for hydroxylation is 1. The number of rotatable bonds is 1. The first-order valence-corrected chi connectivity index (χ1v) is 7.75. The van der Waals surface area contributed by atoms with Crippen molar-refractivity contribution in [2.24, 2.45) is 5.41 Å². The number of likely N-dealkylation sites (tertiary alicyclic amines) is 1. The van der Waals surface area contributed by atoms with Gasteiger partial charge >= 0.3 is 0 Å². The van der Waals surface area contributed by atoms with Gasteiger partial charge < -0.3 is 10.2 Å². The first-order valence-electron chi connectivity index (χ1n) is 7.75. The van der Waals surface area contributed by atoms with Gasteiger partial charge in [0.1, 0.15) is 0 Å². The number of benzene rings is 1. The highest BCUT2D eigenvalue weighted by atomic mass is 16.2. The number of nitrogens with one attached hydrogen (secondary N) is 1. The van der Waals surface area contributed by atoms with Crippen LogP contribution in [0.4, 0.5) is 0 Å². The van der Waals surface area contributed by atoms with E-state index >= 15 is 0 Å². The largest absolute Gasteiger partial charge is 0.338 e. The third-order valence-corrected chi connectivity index (χ3v) is 4.81. The maximum atomic E-state index is 12.6. The van der Waals surface area contributed by atoms with Crippen molar-refractivity contribution >= 4 is 5.91 Å². The molecule has 108 valence electrons. The lowest BCUT2D eigenvalue weighted by molar-refractivity contribution is 0.0434. The molecular weight excluding hydrogens is 248 g/mol. The lowest BCUT2D eigenvalue weighted by atomic mass is 9.74. The SMILES string of the molecule is Cc1ccc(C(=O)N2CCCC3(CCCNC3)C2)cc1. The average Bonchev–Trinajstić information content (AvgIpc) is 2.48. The van der Waals surface area contributed by atoms with Crippen LogP contribution in [-0.4, -0.2) is 37.0 Å². The van der Waals surface area contributed by atoms with Gasteiger partial charge in [-0.05, 0) is 51.3 Å². The number of carbonyl (C=O) groups is 1. The predicted octanol–water partition coefficient (Wildman–Crippen LogP) is 2.60. The van der Waals surface area contributed by atoms with Crippen LogP contribution in [0.25, 0.3) is 0 Å². The Kier molecular flexibility index (Phi) is 3.79. The monoisotopic (exact) mass is 272 g/mol. The van der Waals surface area contributed by atoms with Gasteiger partial charge in [0.2, 0.25) is 0 Å². The Balaban J connectivity index is 1.73. The number of hydrogen-bond acceptors (Lipinski definition) is 2. The second-order valence-electron chi connectivity index (χ2n) is 6.48. The van der Waals surface area contributed by atoms with Gasteiger partial charge in [-0.15, -0.1) is 0 Å². The van der Waals surface area contributed by atoms with Crippen LogP contribution >= 0.6 is 0 Å². The van der Waals surface area contributed by atoms with E-state index in [9.17, 15) is 4.79 Å². The number of hydrogen-bond donors (Lipinski definition) is 1. The summed E-state index contributed by atoms with van der Waals surface area (Å²) < 4.78 is 0. The smallest absolute Gasteiger partial charge is 0.253 e. The van der Waals surface area contributed by atoms with Gasteiger partial charge in [-0.1, -0.05) is 17.7 Å². The van der Waals surface area contributed by atoms with E-state index in [0.29, 0.717) is 5.41 Å². The molecule has 1 amide bonds. The number of nitrogens with zero attached hydrogens (tertiary/aromatic N) is 1. The zero-order valence-electron chi connectivity index (χ0n) is 12.3. The highest BCUT2D eigenvalue weighted by Gasteiger charge is 2.38. The summed E-state index contributed by atoms with van der Waals surface area (Å²) in [5, 5.41) is 3.51. The molecule has 2 aliphatic heterocycles. The molecule has 1 atom stereocenters. The fourth-order valence-electron chi connectivity index (χ4n) is 3.64. The predicted molar refractivity (Wildman–Crippen MR) is 80.9 cm³/mol. The van der Waals surface area contributed by atoms with E-state index in [2.05, 4.69) is 17.1 Å². The first-order chi connectivity index (χ1) is 9.69. The van der Waals surface area contributed by atoms with Crippen LogP contribution in [0.5, 0.6) is 0 Å². The van der Waals surface area contributed by atoms with E-state index in [0.717, 1.165) is 38.2 Å². The van der Waals surface area contributed by atoms with Gasteiger partial charge in [-0.2, -0.15) is 0 Å². The van der Waals surface area contributed by atoms with E-state index in [4.69, 9.17) is 0 Å². The van der Waals surface area contributed by atoms with Crippen LogP contribution < -0.4 is 5.32 Å². The number of piperidine rings is 2. The zero-order valence-corrected chi connectivity index (χ0v) is 12.3. The molecule has 1 N–H and O–H groups in total. The van der Waals surface area contributed by atoms with Crippen molar-refractivity contribution in [2.75, 3.05) is 26.2 Å². The molecule has 1 unspecified atom stereocenters. The van der Waals surface area contributed by atoms with Gasteiger partial charge in [-0.3, -0.25) is 4.79 Å². The molecule has 1 aromatic carbocycles. The summed E-state index contributed by atoms with van der Waals surface area (Å²) in [5.74, 6) is 0.203. The Bertz CT molecular complexity index is 469. The Morgan fingerprint density at radius 1 is 1.20 bits per heavy atom. The molecule has 0 aliphatic carbocycles. The van der Waals surface area contributed by atoms with Crippen LogP contribution in [-0.2, 0) is 0 Å². The molecule has 3 nitrogen and oxygen atoms in total. The van der Waals surface area contributed by atoms with E-state index in [1.165, 1.54) is 24.8 Å². The van der Waals surface area contributed by atoms with Gasteiger partial charge in [0.15, 0.2) is 0 Å². The molecule has 1 spiro atoms. The van der Waals surface area contributed by atoms with Gasteiger partial charge in [0.25, 0.3) is 5.91 Å². The minimum atomic E-state index is 0.203. The summed E-state index contributed by atoms with van der Waals surface area (Å²) in [5.41, 5.74) is 2.36. The molecule has 1 aromatic rings. The van der Waals surface area contributed by atoms with Crippen LogP contribution in [0, 0.1) is 12.3 Å². The molecule has 0 saturated carbocycles. The van der Waals surface area contributed by atoms with Crippen molar-refractivity contribution in [1.29, 1.82) is 0 Å². The first kappa shape index (κ1) is 13.6. The molecular formula is C17H24N2O. The Labute approximate surface area is 121 Å². The van der Waals surface area contributed by atoms with E-state index in [1.54, 1.807) is 0 Å². The zero-order chi connectivity index (χ0) is 14.0. The third-order valence-electron chi connectivity index (χ3n) is 4.81. The summed E-state index contributed by atoms with van der Waals surface area (Å²) in [6.45, 7) is 6.09. The summed E-state index contributed by atoms with van der Waals surface area (Å²) in [6, 6.07) is 7.96. The lowest BCUT2D eigenvalue weighted by Gasteiger charge is -2.45. The molecule has 0 aromatic heterocycles. The molecule has 3 rings (SSSR count). The fourth-order valence-corrected chi connectivity index (χ4v) is 3.64. The normalized spacial score (nSPS) is 26.8. The van der Waals surface area contributed by atoms with E-state index in [1.807, 2.05) is 24.3 Å². The van der Waals surface area contributed by atoms with Crippen molar-refractivity contribution in [3.8, 4) is 0 Å². The number of carbonyl (C=O) groups excluding carboxylic acids is 1. The highest BCUT2D eigenvalue weighted by Crippen LogP contribution is 2.36. The maximum Gasteiger partial charge on any atom is 0.253 e. The van der Waals surface area contributed by atoms with Crippen LogP contribution in [0.3, 0.4) is 0 Å². The quantitative estimate of drug-likeness (QED) is 0.852. The minimum Gasteiger partial charge on any atom is -0.338 e. The summed E-state index contributed by atoms with van der Waals surface area (Å²) in [7, 11) is 0. The Morgan fingerprint density at radius 3 is 2.65 bits per heavy atom. The molecule has 2 saturated heterocycles. The average molecular weight is 272 g/mol. The molecule has 20 heavy (non-hydrogen) atoms. The topological polar surface area (TPSA) is 32.3 Å². The maximum absolute atomic E-state index is 12.6. The second-order valence-corrected chi connectivity index (χ2v) is 6.48. The third kappa shape index (κ3) is 2.73. The molecule has 0 radical (unpaired) electrons. The lowest BCUT2D eigenvalue weighted by Crippen LogP contribution is -2.52. The summed E-state index contributed by atoms with van der Waals surface area (Å²) >= 11 is 0. The van der Waals surface area contributed by atoms with Gasteiger partial charge in [-0.25, -0.2) is 0 Å². The van der Waals surface area contributed by atoms with Crippen molar-refractivity contribution in [2.45, 2.75) is 32.6 Å². The Hall–Kier alpha value is -1.35. The summed E-state index contributed by atoms with van der Waals surface area (Å²) in [4.78, 5) is 14.7. The van der Waals surface area contributed by atoms with E-state index < -0.39 is 0 Å². The standard InChI is InChI=1S/C17H24N2O/c1-14-4-6-15(7-5-14)16(20)19-11-3-9-17(13-19)8-2-10-18-12-17/h4-7,18H,2-3,8-13H2,1H3. The summed E-state index contributed by atoms with van der Waals surface area (Å²) in [6.07, 6.45) is 4.90. The molecule has 2 heterocycles. The van der Waals surface area contributed by atoms with Crippen molar-refractivity contribution in [3.05, 3.63) is 35.4 Å². The van der Waals surface area contributed by atoms with Crippen LogP contribution in [0.2, 0.25) is 0 Å². The van der Waals surface area contributed by atoms with Gasteiger partial charge in [0.05, 0.1) is 0 Å². The second kappa shape index (κ2) is 5.57. The Morgan fingerprint density at radius 2 is 1.95 bits per heavy atom. The molecule has 2 aliphatic rings. The molecule has 0 bridgehead atoms. The fraction of sp³-hybridized carbons (Fsp3) is 0.588. The number of amides is 1. The molecule has 2 fully saturated rings. The van der Waals surface area contributed by atoms with Crippen molar-refractivity contribution in [3.63, 3.8) is 0 Å². The van der Waals surface area contributed by atoms with Crippen molar-refractivity contribution in [1.82, 2.24) is 10.2 Å². The highest BCUT2D eigenvalue weighted by molar-refractivity contribution is 5.94. The van der Waals surface area contributed by atoms with E-state index in [-0.39, 0.29) is 5.91 Å². The van der Waals surface area contributed by atoms with Crippen LogP contribution in [0.15, 0.2) is 24.3 Å².